The lowest BCUT2D eigenvalue weighted by molar-refractivity contribution is -0.130. The smallest absolute Gasteiger partial charge is 0.337 e. The number of carbonyl (C=O) groups is 4. The number of benzene rings is 4. The first-order chi connectivity index (χ1) is 23.3. The van der Waals surface area contributed by atoms with Crippen LogP contribution in [0, 0.1) is 11.8 Å². The number of aliphatic hydroxyl groups is 1. The Hall–Kier alpha value is -6.48. The van der Waals surface area contributed by atoms with E-state index in [9.17, 15) is 54.9 Å². The normalized spacial score (nSPS) is 17.7. The second kappa shape index (κ2) is 13.3. The molecule has 49 heavy (non-hydrogen) atoms. The van der Waals surface area contributed by atoms with Crippen LogP contribution in [-0.4, -0.2) is 73.7 Å². The summed E-state index contributed by atoms with van der Waals surface area (Å²) in [5.74, 6) is -9.91. The molecule has 0 aliphatic carbocycles. The largest absolute Gasteiger partial charge is 0.508 e. The highest BCUT2D eigenvalue weighted by molar-refractivity contribution is 6.10. The summed E-state index contributed by atoms with van der Waals surface area (Å²) in [6.07, 6.45) is -1.81. The topological polar surface area (TPSA) is 244 Å². The van der Waals surface area contributed by atoms with Gasteiger partial charge in [0.25, 0.3) is 0 Å². The lowest BCUT2D eigenvalue weighted by atomic mass is 9.80. The fourth-order valence-electron chi connectivity index (χ4n) is 5.97. The molecule has 4 unspecified atom stereocenters. The fraction of sp³-hybridized carbons (Fsp3) is 0.176. The summed E-state index contributed by atoms with van der Waals surface area (Å²) in [4.78, 5) is 54.5. The summed E-state index contributed by atoms with van der Waals surface area (Å²) >= 11 is 0. The van der Waals surface area contributed by atoms with Gasteiger partial charge in [-0.2, -0.15) is 0 Å². The summed E-state index contributed by atoms with van der Waals surface area (Å²) in [7, 11) is 2.51. The Morgan fingerprint density at radius 1 is 0.755 bits per heavy atom. The van der Waals surface area contributed by atoms with Crippen LogP contribution in [0.25, 0.3) is 0 Å². The summed E-state index contributed by atoms with van der Waals surface area (Å²) < 4.78 is 10.4. The van der Waals surface area contributed by atoms with Crippen LogP contribution in [0.15, 0.2) is 72.8 Å². The first kappa shape index (κ1) is 33.9. The van der Waals surface area contributed by atoms with Crippen LogP contribution < -0.4 is 19.7 Å². The number of rotatable bonds is 10. The molecule has 0 bridgehead atoms. The average Bonchev–Trinajstić information content (AvgIpc) is 3.37. The molecule has 0 saturated carbocycles. The summed E-state index contributed by atoms with van der Waals surface area (Å²) in [5.41, 5.74) is -1.40. The van der Waals surface area contributed by atoms with Crippen molar-refractivity contribution in [1.82, 2.24) is 0 Å². The number of aromatic carboxylic acids is 2. The Balaban J connectivity index is 1.78. The van der Waals surface area contributed by atoms with E-state index in [2.05, 4.69) is 5.32 Å². The summed E-state index contributed by atoms with van der Waals surface area (Å²) in [5, 5.41) is 74.7. The van der Waals surface area contributed by atoms with E-state index >= 15 is 0 Å². The number of methoxy groups -OCH3 is 2. The number of phenols is 4. The Morgan fingerprint density at radius 2 is 1.33 bits per heavy atom. The Labute approximate surface area is 277 Å². The molecule has 0 spiro atoms. The Bertz CT molecular complexity index is 1980. The van der Waals surface area contributed by atoms with E-state index in [1.54, 1.807) is 0 Å². The highest BCUT2D eigenvalue weighted by Gasteiger charge is 2.56. The van der Waals surface area contributed by atoms with Crippen molar-refractivity contribution in [3.05, 3.63) is 95.1 Å². The van der Waals surface area contributed by atoms with Crippen LogP contribution in [0.1, 0.15) is 44.0 Å². The van der Waals surface area contributed by atoms with Crippen molar-refractivity contribution in [2.24, 2.45) is 11.8 Å². The third kappa shape index (κ3) is 6.29. The van der Waals surface area contributed by atoms with Crippen LogP contribution in [-0.2, 0) is 9.59 Å². The van der Waals surface area contributed by atoms with E-state index in [-0.39, 0.29) is 45.5 Å². The monoisotopic (exact) mass is 674 g/mol. The molecule has 1 saturated heterocycles. The van der Waals surface area contributed by atoms with E-state index in [0.29, 0.717) is 0 Å². The molecule has 4 aromatic rings. The van der Waals surface area contributed by atoms with Gasteiger partial charge >= 0.3 is 11.9 Å². The van der Waals surface area contributed by atoms with Gasteiger partial charge in [0.15, 0.2) is 23.0 Å². The molecular weight excluding hydrogens is 644 g/mol. The van der Waals surface area contributed by atoms with Gasteiger partial charge < -0.3 is 55.4 Å². The average molecular weight is 675 g/mol. The van der Waals surface area contributed by atoms with Gasteiger partial charge in [0.2, 0.25) is 11.8 Å². The highest BCUT2D eigenvalue weighted by Crippen LogP contribution is 2.51. The van der Waals surface area contributed by atoms with E-state index in [0.717, 1.165) is 41.3 Å². The Morgan fingerprint density at radius 3 is 1.94 bits per heavy atom. The fourth-order valence-corrected chi connectivity index (χ4v) is 5.97. The number of amides is 2. The Kier molecular flexibility index (Phi) is 9.21. The summed E-state index contributed by atoms with van der Waals surface area (Å²) in [6, 6.07) is 12.5. The second-order valence-electron chi connectivity index (χ2n) is 11.0. The van der Waals surface area contributed by atoms with Crippen LogP contribution in [0.4, 0.5) is 11.4 Å². The van der Waals surface area contributed by atoms with Crippen LogP contribution >= 0.6 is 0 Å². The molecule has 5 rings (SSSR count). The molecule has 254 valence electrons. The number of nitrogens with zero attached hydrogens (tertiary/aromatic N) is 1. The molecule has 15 heteroatoms. The number of ether oxygens (including phenoxy) is 2. The maximum Gasteiger partial charge on any atom is 0.337 e. The van der Waals surface area contributed by atoms with Crippen molar-refractivity contribution in [3.63, 3.8) is 0 Å². The van der Waals surface area contributed by atoms with Crippen molar-refractivity contribution in [2.45, 2.75) is 12.1 Å². The van der Waals surface area contributed by atoms with E-state index in [1.807, 2.05) is 0 Å². The maximum absolute atomic E-state index is 14.6. The molecular formula is C34H30N2O13. The predicted molar refractivity (Wildman–Crippen MR) is 170 cm³/mol. The molecule has 1 fully saturated rings. The number of carboxylic acids is 2. The van der Waals surface area contributed by atoms with Crippen molar-refractivity contribution in [1.29, 1.82) is 0 Å². The van der Waals surface area contributed by atoms with E-state index < -0.39 is 70.4 Å². The molecule has 2 amide bonds. The lowest BCUT2D eigenvalue weighted by Gasteiger charge is -2.30. The standard InChI is InChI=1S/C34H30N2O13/c1-48-25-11-15(3-9-23(25)39)29-27(31(42)35-21-7-5-17(37)13-19(21)33(44)45)28(30(41)16-4-10-24(40)26(12-16)49-2)32(43)36(29)22-8-6-18(38)14-20(22)34(46)47/h3-14,27-30,37-41H,1-2H3,(H,35,42)(H,44,45)(H,46,47). The minimum absolute atomic E-state index is 0.0229. The van der Waals surface area contributed by atoms with Crippen molar-refractivity contribution in [3.8, 4) is 34.5 Å². The molecule has 15 nitrogen and oxygen atoms in total. The van der Waals surface area contributed by atoms with E-state index in [4.69, 9.17) is 9.47 Å². The number of phenolic OH excluding ortho intramolecular Hbond substituents is 4. The molecule has 1 heterocycles. The number of aromatic hydroxyl groups is 4. The number of nitrogens with one attached hydrogen (secondary N) is 1. The zero-order valence-electron chi connectivity index (χ0n) is 25.8. The number of aliphatic hydroxyl groups excluding tert-OH is 1. The van der Waals surface area contributed by atoms with Crippen molar-refractivity contribution < 1.29 is 64.4 Å². The van der Waals surface area contributed by atoms with Gasteiger partial charge in [-0.3, -0.25) is 9.59 Å². The van der Waals surface area contributed by atoms with Gasteiger partial charge in [-0.15, -0.1) is 0 Å². The third-order valence-corrected chi connectivity index (χ3v) is 8.22. The SMILES string of the molecule is COc1cc(C(O)C2C(=O)N(c3ccc(O)cc3C(=O)O)C(c3ccc(O)c(OC)c3)C2C(=O)Nc2ccc(O)cc2C(=O)O)ccc1O. The maximum atomic E-state index is 14.6. The van der Waals surface area contributed by atoms with Crippen LogP contribution in [0.5, 0.6) is 34.5 Å². The van der Waals surface area contributed by atoms with Crippen LogP contribution in [0.2, 0.25) is 0 Å². The predicted octanol–water partition coefficient (Wildman–Crippen LogP) is 3.62. The first-order valence-electron chi connectivity index (χ1n) is 14.5. The number of carboxylic acid groups (broad SMARTS) is 2. The highest BCUT2D eigenvalue weighted by atomic mass is 16.5. The molecule has 8 N–H and O–H groups in total. The molecule has 1 aliphatic rings. The minimum atomic E-state index is -1.81. The minimum Gasteiger partial charge on any atom is -0.508 e. The van der Waals surface area contributed by atoms with Gasteiger partial charge in [-0.25, -0.2) is 9.59 Å². The molecule has 1 aliphatic heterocycles. The second-order valence-corrected chi connectivity index (χ2v) is 11.0. The molecule has 4 atom stereocenters. The molecule has 0 aromatic heterocycles. The van der Waals surface area contributed by atoms with Crippen LogP contribution in [0.3, 0.4) is 0 Å². The summed E-state index contributed by atoms with van der Waals surface area (Å²) in [6.45, 7) is 0. The lowest BCUT2D eigenvalue weighted by Crippen LogP contribution is -2.35. The van der Waals surface area contributed by atoms with Crippen molar-refractivity contribution in [2.75, 3.05) is 24.4 Å². The number of hydrogen-bond acceptors (Lipinski definition) is 11. The number of carbonyl (C=O) groups excluding carboxylic acids is 2. The zero-order chi connectivity index (χ0) is 35.7. The zero-order valence-corrected chi connectivity index (χ0v) is 25.8. The van der Waals surface area contributed by atoms with Gasteiger partial charge in [0.05, 0.1) is 60.7 Å². The van der Waals surface area contributed by atoms with Gasteiger partial charge in [0.1, 0.15) is 11.5 Å². The number of anilines is 2. The number of hydrogen-bond donors (Lipinski definition) is 8. The first-order valence-corrected chi connectivity index (χ1v) is 14.5. The van der Waals surface area contributed by atoms with Gasteiger partial charge in [-0.1, -0.05) is 12.1 Å². The van der Waals surface area contributed by atoms with Gasteiger partial charge in [-0.05, 0) is 71.8 Å². The van der Waals surface area contributed by atoms with E-state index in [1.165, 1.54) is 50.6 Å². The molecule has 4 aromatic carbocycles. The molecule has 0 radical (unpaired) electrons. The third-order valence-electron chi connectivity index (χ3n) is 8.22. The quantitative estimate of drug-likeness (QED) is 0.112. The van der Waals surface area contributed by atoms with Crippen molar-refractivity contribution >= 4 is 35.1 Å². The van der Waals surface area contributed by atoms with Gasteiger partial charge in [0, 0.05) is 0 Å².